The molecule has 0 saturated heterocycles. The fourth-order valence-electron chi connectivity index (χ4n) is 1.76. The molecule has 21 heavy (non-hydrogen) atoms. The van der Waals surface area contributed by atoms with Crippen LogP contribution in [0.2, 0.25) is 0 Å². The second-order valence-electron chi connectivity index (χ2n) is 5.69. The zero-order valence-corrected chi connectivity index (χ0v) is 13.0. The first-order valence-corrected chi connectivity index (χ1v) is 6.78. The summed E-state index contributed by atoms with van der Waals surface area (Å²) in [4.78, 5) is 23.2. The van der Waals surface area contributed by atoms with E-state index in [4.69, 9.17) is 4.74 Å². The third-order valence-electron chi connectivity index (χ3n) is 2.55. The van der Waals surface area contributed by atoms with Gasteiger partial charge in [-0.3, -0.25) is 14.8 Å². The first-order valence-electron chi connectivity index (χ1n) is 6.78. The van der Waals surface area contributed by atoms with Crippen molar-refractivity contribution in [3.05, 3.63) is 36.7 Å². The van der Waals surface area contributed by atoms with Crippen molar-refractivity contribution in [3.8, 4) is 0 Å². The molecular formula is C15H23N3O3. The highest BCUT2D eigenvalue weighted by Gasteiger charge is 2.22. The minimum absolute atomic E-state index is 0.209. The van der Waals surface area contributed by atoms with Crippen LogP contribution in [0, 0.1) is 0 Å². The summed E-state index contributed by atoms with van der Waals surface area (Å²) in [5, 5.41) is 0. The number of hydrogen-bond donors (Lipinski definition) is 2. The Hall–Kier alpha value is -2.08. The van der Waals surface area contributed by atoms with Crippen molar-refractivity contribution in [1.82, 2.24) is 15.4 Å². The SMILES string of the molecule is C=CC[C@@H](NNC(C)=O)c1cccn1C(=O)OC(C)(C)C. The second-order valence-corrected chi connectivity index (χ2v) is 5.69. The molecule has 1 aromatic rings. The van der Waals surface area contributed by atoms with E-state index in [0.717, 1.165) is 0 Å². The number of carbonyl (C=O) groups excluding carboxylic acids is 2. The quantitative estimate of drug-likeness (QED) is 0.646. The van der Waals surface area contributed by atoms with Crippen LogP contribution in [0.5, 0.6) is 0 Å². The molecule has 116 valence electrons. The van der Waals surface area contributed by atoms with Crippen LogP contribution in [-0.4, -0.2) is 22.2 Å². The largest absolute Gasteiger partial charge is 0.443 e. The van der Waals surface area contributed by atoms with Crippen LogP contribution in [0.15, 0.2) is 31.0 Å². The number of aromatic nitrogens is 1. The van der Waals surface area contributed by atoms with E-state index < -0.39 is 11.7 Å². The molecule has 0 radical (unpaired) electrons. The zero-order chi connectivity index (χ0) is 16.0. The molecular weight excluding hydrogens is 270 g/mol. The average Bonchev–Trinajstić information content (AvgIpc) is 2.81. The summed E-state index contributed by atoms with van der Waals surface area (Å²) < 4.78 is 6.78. The van der Waals surface area contributed by atoms with Crippen LogP contribution in [0.1, 0.15) is 45.9 Å². The molecule has 6 nitrogen and oxygen atoms in total. The lowest BCUT2D eigenvalue weighted by atomic mass is 10.1. The number of rotatable bonds is 5. The second kappa shape index (κ2) is 7.08. The zero-order valence-electron chi connectivity index (χ0n) is 13.0. The number of hydrogen-bond acceptors (Lipinski definition) is 4. The molecule has 0 fully saturated rings. The minimum Gasteiger partial charge on any atom is -0.443 e. The molecule has 0 spiro atoms. The van der Waals surface area contributed by atoms with Gasteiger partial charge in [-0.1, -0.05) is 6.08 Å². The maximum atomic E-state index is 12.2. The van der Waals surface area contributed by atoms with Crippen molar-refractivity contribution >= 4 is 12.0 Å². The van der Waals surface area contributed by atoms with Gasteiger partial charge in [-0.25, -0.2) is 10.2 Å². The van der Waals surface area contributed by atoms with Gasteiger partial charge in [0.1, 0.15) is 5.60 Å². The fourth-order valence-corrected chi connectivity index (χ4v) is 1.76. The predicted molar refractivity (Wildman–Crippen MR) is 80.6 cm³/mol. The highest BCUT2D eigenvalue weighted by molar-refractivity contribution is 5.73. The highest BCUT2D eigenvalue weighted by atomic mass is 16.6. The van der Waals surface area contributed by atoms with Gasteiger partial charge in [0.05, 0.1) is 6.04 Å². The van der Waals surface area contributed by atoms with Gasteiger partial charge in [0.15, 0.2) is 0 Å². The summed E-state index contributed by atoms with van der Waals surface area (Å²) in [7, 11) is 0. The van der Waals surface area contributed by atoms with Crippen LogP contribution in [0.4, 0.5) is 4.79 Å². The van der Waals surface area contributed by atoms with Crippen molar-refractivity contribution in [1.29, 1.82) is 0 Å². The van der Waals surface area contributed by atoms with E-state index >= 15 is 0 Å². The maximum Gasteiger partial charge on any atom is 0.418 e. The van der Waals surface area contributed by atoms with E-state index in [1.54, 1.807) is 24.4 Å². The van der Waals surface area contributed by atoms with Crippen molar-refractivity contribution in [2.24, 2.45) is 0 Å². The van der Waals surface area contributed by atoms with E-state index in [-0.39, 0.29) is 11.9 Å². The molecule has 0 aliphatic heterocycles. The topological polar surface area (TPSA) is 72.4 Å². The lowest BCUT2D eigenvalue weighted by Gasteiger charge is -2.23. The third-order valence-corrected chi connectivity index (χ3v) is 2.55. The summed E-state index contributed by atoms with van der Waals surface area (Å²) >= 11 is 0. The smallest absolute Gasteiger partial charge is 0.418 e. The van der Waals surface area contributed by atoms with Crippen LogP contribution in [0.25, 0.3) is 0 Å². The molecule has 1 aromatic heterocycles. The molecule has 6 heteroatoms. The summed E-state index contributed by atoms with van der Waals surface area (Å²) in [5.41, 5.74) is 5.53. The standard InChI is InChI=1S/C15H23N3O3/c1-6-8-12(17-16-11(2)19)13-9-7-10-18(13)14(20)21-15(3,4)5/h6-7,9-10,12,17H,1,8H2,2-5H3,(H,16,19)/t12-/m1/s1. The monoisotopic (exact) mass is 293 g/mol. The lowest BCUT2D eigenvalue weighted by Crippen LogP contribution is -2.40. The van der Waals surface area contributed by atoms with Crippen molar-refractivity contribution in [3.63, 3.8) is 0 Å². The van der Waals surface area contributed by atoms with Crippen molar-refractivity contribution < 1.29 is 14.3 Å². The summed E-state index contributed by atoms with van der Waals surface area (Å²) in [6, 6.07) is 3.28. The van der Waals surface area contributed by atoms with Crippen LogP contribution >= 0.6 is 0 Å². The van der Waals surface area contributed by atoms with Gasteiger partial charge in [0, 0.05) is 18.8 Å². The molecule has 0 saturated carbocycles. The molecule has 0 aliphatic carbocycles. The molecule has 0 bridgehead atoms. The molecule has 0 aliphatic rings. The van der Waals surface area contributed by atoms with Gasteiger partial charge in [-0.15, -0.1) is 6.58 Å². The first kappa shape index (κ1) is 17.0. The van der Waals surface area contributed by atoms with Crippen molar-refractivity contribution in [2.75, 3.05) is 0 Å². The number of nitrogens with zero attached hydrogens (tertiary/aromatic N) is 1. The van der Waals surface area contributed by atoms with Gasteiger partial charge in [0.25, 0.3) is 0 Å². The third kappa shape index (κ3) is 5.43. The number of nitrogens with one attached hydrogen (secondary N) is 2. The van der Waals surface area contributed by atoms with E-state index in [1.807, 2.05) is 20.8 Å². The van der Waals surface area contributed by atoms with Gasteiger partial charge >= 0.3 is 6.09 Å². The van der Waals surface area contributed by atoms with Crippen LogP contribution < -0.4 is 10.9 Å². The first-order chi connectivity index (χ1) is 9.74. The molecule has 0 unspecified atom stereocenters. The maximum absolute atomic E-state index is 12.2. The predicted octanol–water partition coefficient (Wildman–Crippen LogP) is 2.53. The molecule has 1 rings (SSSR count). The Labute approximate surface area is 125 Å². The average molecular weight is 293 g/mol. The summed E-state index contributed by atoms with van der Waals surface area (Å²) in [6.45, 7) is 10.5. The van der Waals surface area contributed by atoms with Gasteiger partial charge < -0.3 is 4.74 Å². The Morgan fingerprint density at radius 3 is 2.67 bits per heavy atom. The molecule has 2 N–H and O–H groups in total. The Morgan fingerprint density at radius 2 is 2.14 bits per heavy atom. The van der Waals surface area contributed by atoms with Crippen molar-refractivity contribution in [2.45, 2.75) is 45.8 Å². The minimum atomic E-state index is -0.572. The van der Waals surface area contributed by atoms with E-state index in [9.17, 15) is 9.59 Å². The van der Waals surface area contributed by atoms with Gasteiger partial charge in [-0.2, -0.15) is 0 Å². The molecule has 1 heterocycles. The van der Waals surface area contributed by atoms with Gasteiger partial charge in [0.2, 0.25) is 5.91 Å². The van der Waals surface area contributed by atoms with E-state index in [0.29, 0.717) is 12.1 Å². The molecule has 1 atom stereocenters. The number of amides is 1. The lowest BCUT2D eigenvalue weighted by molar-refractivity contribution is -0.120. The molecule has 0 aromatic carbocycles. The highest BCUT2D eigenvalue weighted by Crippen LogP contribution is 2.19. The van der Waals surface area contributed by atoms with E-state index in [2.05, 4.69) is 17.4 Å². The number of hydrazine groups is 1. The summed E-state index contributed by atoms with van der Waals surface area (Å²) in [5.74, 6) is -0.209. The Balaban J connectivity index is 2.94. The Kier molecular flexibility index (Phi) is 5.72. The number of carbonyl (C=O) groups is 2. The van der Waals surface area contributed by atoms with Gasteiger partial charge in [-0.05, 0) is 39.3 Å². The normalized spacial score (nSPS) is 12.6. The molecule has 1 amide bonds. The van der Waals surface area contributed by atoms with Crippen LogP contribution in [-0.2, 0) is 9.53 Å². The van der Waals surface area contributed by atoms with Crippen LogP contribution in [0.3, 0.4) is 0 Å². The summed E-state index contributed by atoms with van der Waals surface area (Å²) in [6.07, 6.45) is 3.44. The van der Waals surface area contributed by atoms with E-state index in [1.165, 1.54) is 11.5 Å². The fraction of sp³-hybridized carbons (Fsp3) is 0.467. The number of ether oxygens (including phenoxy) is 1. The Morgan fingerprint density at radius 1 is 1.48 bits per heavy atom. The Bertz CT molecular complexity index is 514.